The number of hydrogen-bond acceptors (Lipinski definition) is 4. The van der Waals surface area contributed by atoms with Crippen LogP contribution in [0.3, 0.4) is 0 Å². The maximum Gasteiger partial charge on any atom is 0.307 e. The van der Waals surface area contributed by atoms with Crippen molar-refractivity contribution in [3.05, 3.63) is 51.3 Å². The molecule has 6 heteroatoms. The third-order valence-corrected chi connectivity index (χ3v) is 4.71. The molecule has 0 saturated carbocycles. The van der Waals surface area contributed by atoms with Crippen LogP contribution >= 0.6 is 15.9 Å². The molecule has 0 atom stereocenters. The summed E-state index contributed by atoms with van der Waals surface area (Å²) in [5.74, 6) is 0.274. The molecule has 0 amide bonds. The summed E-state index contributed by atoms with van der Waals surface area (Å²) in [6.45, 7) is 6.23. The van der Waals surface area contributed by atoms with Gasteiger partial charge < -0.3 is 14.0 Å². The topological polar surface area (TPSA) is 57.5 Å². The van der Waals surface area contributed by atoms with Gasteiger partial charge in [-0.1, -0.05) is 6.07 Å². The second kappa shape index (κ2) is 8.34. The number of methoxy groups -OCH3 is 1. The number of benzene rings is 1. The highest BCUT2D eigenvalue weighted by atomic mass is 79.9. The highest BCUT2D eigenvalue weighted by Crippen LogP contribution is 2.26. The van der Waals surface area contributed by atoms with Gasteiger partial charge in [0.15, 0.2) is 6.61 Å². The molecule has 25 heavy (non-hydrogen) atoms. The van der Waals surface area contributed by atoms with Gasteiger partial charge in [0.1, 0.15) is 5.75 Å². The van der Waals surface area contributed by atoms with E-state index in [0.717, 1.165) is 21.4 Å². The van der Waals surface area contributed by atoms with Crippen LogP contribution in [0.5, 0.6) is 5.75 Å². The molecule has 5 nitrogen and oxygen atoms in total. The molecular formula is C19H22BrNO4. The van der Waals surface area contributed by atoms with Crippen LogP contribution in [0.25, 0.3) is 0 Å². The Bertz CT molecular complexity index is 795. The SMILES string of the molecule is COC(=O)CCn1c(C)cc(C(=O)COc2ccc(C)cc2Br)c1C. The van der Waals surface area contributed by atoms with Gasteiger partial charge in [-0.15, -0.1) is 0 Å². The van der Waals surface area contributed by atoms with Crippen molar-refractivity contribution in [2.45, 2.75) is 33.7 Å². The molecule has 0 aliphatic rings. The second-order valence-corrected chi connectivity index (χ2v) is 6.76. The van der Waals surface area contributed by atoms with Gasteiger partial charge in [-0.25, -0.2) is 0 Å². The van der Waals surface area contributed by atoms with Crippen LogP contribution in [0.15, 0.2) is 28.7 Å². The molecule has 0 aliphatic carbocycles. The Balaban J connectivity index is 2.07. The number of rotatable bonds is 7. The molecule has 0 bridgehead atoms. The van der Waals surface area contributed by atoms with Gasteiger partial charge in [-0.05, 0) is 60.5 Å². The molecule has 0 N–H and O–H groups in total. The van der Waals surface area contributed by atoms with E-state index in [4.69, 9.17) is 4.74 Å². The summed E-state index contributed by atoms with van der Waals surface area (Å²) in [6.07, 6.45) is 0.271. The van der Waals surface area contributed by atoms with Crippen molar-refractivity contribution in [3.8, 4) is 5.75 Å². The Kier molecular flexibility index (Phi) is 6.42. The lowest BCUT2D eigenvalue weighted by Crippen LogP contribution is -2.14. The van der Waals surface area contributed by atoms with E-state index in [2.05, 4.69) is 20.7 Å². The van der Waals surface area contributed by atoms with Gasteiger partial charge in [0.25, 0.3) is 0 Å². The molecule has 0 radical (unpaired) electrons. The number of aryl methyl sites for hydroxylation is 2. The Hall–Kier alpha value is -2.08. The normalized spacial score (nSPS) is 10.6. The quantitative estimate of drug-likeness (QED) is 0.513. The zero-order chi connectivity index (χ0) is 18.6. The van der Waals surface area contributed by atoms with E-state index >= 15 is 0 Å². The van der Waals surface area contributed by atoms with E-state index in [1.54, 1.807) is 0 Å². The highest BCUT2D eigenvalue weighted by molar-refractivity contribution is 9.10. The van der Waals surface area contributed by atoms with Crippen LogP contribution in [0.1, 0.15) is 33.7 Å². The summed E-state index contributed by atoms with van der Waals surface area (Å²) in [7, 11) is 1.37. The van der Waals surface area contributed by atoms with Crippen molar-refractivity contribution < 1.29 is 19.1 Å². The van der Waals surface area contributed by atoms with E-state index in [1.807, 2.05) is 49.6 Å². The molecule has 1 aromatic carbocycles. The molecule has 1 aromatic heterocycles. The number of aromatic nitrogens is 1. The van der Waals surface area contributed by atoms with Crippen molar-refractivity contribution in [1.82, 2.24) is 4.57 Å². The molecule has 2 aromatic rings. The monoisotopic (exact) mass is 407 g/mol. The zero-order valence-electron chi connectivity index (χ0n) is 14.9. The summed E-state index contributed by atoms with van der Waals surface area (Å²) < 4.78 is 13.1. The average Bonchev–Trinajstić information content (AvgIpc) is 2.86. The number of ketones is 1. The summed E-state index contributed by atoms with van der Waals surface area (Å²) in [6, 6.07) is 7.55. The van der Waals surface area contributed by atoms with Crippen LogP contribution in [-0.2, 0) is 16.1 Å². The summed E-state index contributed by atoms with van der Waals surface area (Å²) in [5.41, 5.74) is 3.49. The van der Waals surface area contributed by atoms with E-state index in [1.165, 1.54) is 7.11 Å². The van der Waals surface area contributed by atoms with Gasteiger partial charge in [-0.2, -0.15) is 0 Å². The molecule has 0 spiro atoms. The summed E-state index contributed by atoms with van der Waals surface area (Å²) in [4.78, 5) is 23.9. The lowest BCUT2D eigenvalue weighted by atomic mass is 10.1. The zero-order valence-corrected chi connectivity index (χ0v) is 16.5. The van der Waals surface area contributed by atoms with Gasteiger partial charge in [-0.3, -0.25) is 9.59 Å². The molecule has 0 saturated heterocycles. The molecule has 2 rings (SSSR count). The number of carbonyl (C=O) groups is 2. The van der Waals surface area contributed by atoms with E-state index < -0.39 is 0 Å². The number of halogens is 1. The Morgan fingerprint density at radius 2 is 1.88 bits per heavy atom. The lowest BCUT2D eigenvalue weighted by molar-refractivity contribution is -0.140. The van der Waals surface area contributed by atoms with E-state index in [-0.39, 0.29) is 24.8 Å². The first-order valence-electron chi connectivity index (χ1n) is 7.99. The average molecular weight is 408 g/mol. The Morgan fingerprint density at radius 1 is 1.16 bits per heavy atom. The predicted molar refractivity (Wildman–Crippen MR) is 99.2 cm³/mol. The van der Waals surface area contributed by atoms with Gasteiger partial charge in [0, 0.05) is 23.5 Å². The first-order chi connectivity index (χ1) is 11.8. The Labute approximate surface area is 156 Å². The van der Waals surface area contributed by atoms with Crippen LogP contribution in [0.2, 0.25) is 0 Å². The molecule has 0 unspecified atom stereocenters. The van der Waals surface area contributed by atoms with Crippen LogP contribution in [0.4, 0.5) is 0 Å². The van der Waals surface area contributed by atoms with E-state index in [9.17, 15) is 9.59 Å². The fraction of sp³-hybridized carbons (Fsp3) is 0.368. The first kappa shape index (κ1) is 19.2. The summed E-state index contributed by atoms with van der Waals surface area (Å²) >= 11 is 3.44. The molecule has 134 valence electrons. The first-order valence-corrected chi connectivity index (χ1v) is 8.78. The standard InChI is InChI=1S/C19H22BrNO4/c1-12-5-6-18(16(20)9-12)25-11-17(22)15-10-13(2)21(14(15)3)8-7-19(23)24-4/h5-6,9-10H,7-8,11H2,1-4H3. The van der Waals surface area contributed by atoms with Gasteiger partial charge in [0.05, 0.1) is 18.0 Å². The van der Waals surface area contributed by atoms with Crippen molar-refractivity contribution in [2.24, 2.45) is 0 Å². The highest BCUT2D eigenvalue weighted by Gasteiger charge is 2.17. The third-order valence-electron chi connectivity index (χ3n) is 4.09. The predicted octanol–water partition coefficient (Wildman–Crippen LogP) is 4.00. The smallest absolute Gasteiger partial charge is 0.307 e. The van der Waals surface area contributed by atoms with Crippen LogP contribution in [0, 0.1) is 20.8 Å². The van der Waals surface area contributed by atoms with Crippen LogP contribution in [-0.4, -0.2) is 30.0 Å². The maximum atomic E-state index is 12.5. The van der Waals surface area contributed by atoms with Crippen molar-refractivity contribution in [3.63, 3.8) is 0 Å². The lowest BCUT2D eigenvalue weighted by Gasteiger charge is -2.10. The number of ether oxygens (including phenoxy) is 2. The van der Waals surface area contributed by atoms with Gasteiger partial charge >= 0.3 is 5.97 Å². The van der Waals surface area contributed by atoms with Crippen molar-refractivity contribution in [1.29, 1.82) is 0 Å². The van der Waals surface area contributed by atoms with Gasteiger partial charge in [0.2, 0.25) is 5.78 Å². The minimum absolute atomic E-state index is 0.0387. The van der Waals surface area contributed by atoms with Crippen molar-refractivity contribution >= 4 is 27.7 Å². The van der Waals surface area contributed by atoms with E-state index in [0.29, 0.717) is 17.9 Å². The third kappa shape index (κ3) is 4.72. The second-order valence-electron chi connectivity index (χ2n) is 5.91. The number of hydrogen-bond donors (Lipinski definition) is 0. The van der Waals surface area contributed by atoms with Crippen LogP contribution < -0.4 is 4.74 Å². The molecule has 0 fully saturated rings. The minimum atomic E-state index is -0.270. The van der Waals surface area contributed by atoms with Crippen molar-refractivity contribution in [2.75, 3.05) is 13.7 Å². The number of nitrogens with zero attached hydrogens (tertiary/aromatic N) is 1. The number of carbonyl (C=O) groups excluding carboxylic acids is 2. The molecular weight excluding hydrogens is 386 g/mol. The Morgan fingerprint density at radius 3 is 2.52 bits per heavy atom. The maximum absolute atomic E-state index is 12.5. The molecule has 1 heterocycles. The fourth-order valence-electron chi connectivity index (χ4n) is 2.68. The minimum Gasteiger partial charge on any atom is -0.484 e. The fourth-order valence-corrected chi connectivity index (χ4v) is 3.28. The largest absolute Gasteiger partial charge is 0.484 e. The summed E-state index contributed by atoms with van der Waals surface area (Å²) in [5, 5.41) is 0. The number of esters is 1. The number of Topliss-reactive ketones (excluding diaryl/α,β-unsaturated/α-hetero) is 1. The molecule has 0 aliphatic heterocycles.